The van der Waals surface area contributed by atoms with Crippen LogP contribution in [0.4, 0.5) is 0 Å². The van der Waals surface area contributed by atoms with Gasteiger partial charge in [-0.25, -0.2) is 0 Å². The van der Waals surface area contributed by atoms with Crippen LogP contribution in [0, 0.1) is 6.92 Å². The van der Waals surface area contributed by atoms with Crippen LogP contribution in [0.1, 0.15) is 25.0 Å². The van der Waals surface area contributed by atoms with E-state index in [1.807, 2.05) is 6.92 Å². The lowest BCUT2D eigenvalue weighted by molar-refractivity contribution is 0.118. The molecule has 1 aromatic heterocycles. The highest BCUT2D eigenvalue weighted by Crippen LogP contribution is 2.27. The second-order valence-corrected chi connectivity index (χ2v) is 3.67. The molecule has 13 heavy (non-hydrogen) atoms. The summed E-state index contributed by atoms with van der Waals surface area (Å²) in [6, 6.07) is 1.72. The zero-order valence-electron chi connectivity index (χ0n) is 7.46. The van der Waals surface area contributed by atoms with Crippen molar-refractivity contribution in [1.29, 1.82) is 0 Å². The average molecular weight is 199 g/mol. The number of halogens is 1. The lowest BCUT2D eigenvalue weighted by Crippen LogP contribution is -2.25. The first-order valence-electron chi connectivity index (χ1n) is 4.42. The fourth-order valence-corrected chi connectivity index (χ4v) is 1.34. The largest absolute Gasteiger partial charge is 0.488 e. The van der Waals surface area contributed by atoms with Crippen molar-refractivity contribution < 1.29 is 4.74 Å². The third kappa shape index (κ3) is 1.91. The van der Waals surface area contributed by atoms with Crippen LogP contribution in [0.3, 0.4) is 0 Å². The summed E-state index contributed by atoms with van der Waals surface area (Å²) in [5.41, 5.74) is 0.802. The van der Waals surface area contributed by atoms with Crippen molar-refractivity contribution in [3.63, 3.8) is 0 Å². The summed E-state index contributed by atoms with van der Waals surface area (Å²) in [6.07, 6.45) is 3.90. The predicted molar refractivity (Wildman–Crippen MR) is 50.0 cm³/mol. The van der Waals surface area contributed by atoms with Crippen LogP contribution in [-0.4, -0.2) is 16.3 Å². The number of rotatable bonds is 2. The van der Waals surface area contributed by atoms with Crippen molar-refractivity contribution in [3.8, 4) is 5.75 Å². The van der Waals surface area contributed by atoms with Crippen molar-refractivity contribution in [2.24, 2.45) is 0 Å². The lowest BCUT2D eigenvalue weighted by Gasteiger charge is -2.26. The number of hydrogen-bond acceptors (Lipinski definition) is 3. The first-order chi connectivity index (χ1) is 6.25. The third-order valence-electron chi connectivity index (χ3n) is 2.25. The van der Waals surface area contributed by atoms with Gasteiger partial charge >= 0.3 is 0 Å². The molecule has 0 spiro atoms. The summed E-state index contributed by atoms with van der Waals surface area (Å²) in [5.74, 6) is 0.768. The second-order valence-electron chi connectivity index (χ2n) is 3.29. The van der Waals surface area contributed by atoms with E-state index in [2.05, 4.69) is 10.2 Å². The molecular formula is C9H11ClN2O. The predicted octanol–water partition coefficient (Wildman–Crippen LogP) is 2.37. The Labute approximate surface area is 82.1 Å². The zero-order chi connectivity index (χ0) is 9.26. The minimum absolute atomic E-state index is 0.360. The Kier molecular flexibility index (Phi) is 2.36. The van der Waals surface area contributed by atoms with Gasteiger partial charge in [0.25, 0.3) is 0 Å². The van der Waals surface area contributed by atoms with E-state index in [0.29, 0.717) is 11.3 Å². The number of nitrogens with zero attached hydrogens (tertiary/aromatic N) is 2. The highest BCUT2D eigenvalue weighted by Gasteiger charge is 2.20. The van der Waals surface area contributed by atoms with Gasteiger partial charge in [-0.1, -0.05) is 11.6 Å². The summed E-state index contributed by atoms with van der Waals surface area (Å²) < 4.78 is 5.67. The third-order valence-corrected chi connectivity index (χ3v) is 2.43. The number of aromatic nitrogens is 2. The van der Waals surface area contributed by atoms with Crippen LogP contribution in [0.5, 0.6) is 5.75 Å². The van der Waals surface area contributed by atoms with Crippen LogP contribution in [0.25, 0.3) is 0 Å². The molecule has 70 valence electrons. The Hall–Kier alpha value is -0.830. The van der Waals surface area contributed by atoms with E-state index in [0.717, 1.165) is 24.3 Å². The number of ether oxygens (including phenoxy) is 1. The summed E-state index contributed by atoms with van der Waals surface area (Å²) in [6.45, 7) is 1.87. The van der Waals surface area contributed by atoms with Crippen LogP contribution in [-0.2, 0) is 0 Å². The molecule has 0 unspecified atom stereocenters. The van der Waals surface area contributed by atoms with Gasteiger partial charge in [0.1, 0.15) is 11.4 Å². The van der Waals surface area contributed by atoms with Gasteiger partial charge in [0.05, 0.1) is 6.10 Å². The molecule has 2 rings (SSSR count). The quantitative estimate of drug-likeness (QED) is 0.732. The van der Waals surface area contributed by atoms with Crippen LogP contribution < -0.4 is 4.74 Å². The second kappa shape index (κ2) is 3.50. The van der Waals surface area contributed by atoms with Gasteiger partial charge in [-0.15, -0.1) is 5.10 Å². The minimum atomic E-state index is 0.360. The molecule has 4 heteroatoms. The topological polar surface area (TPSA) is 35.0 Å². The van der Waals surface area contributed by atoms with Gasteiger partial charge in [0.15, 0.2) is 5.15 Å². The Morgan fingerprint density at radius 3 is 2.85 bits per heavy atom. The van der Waals surface area contributed by atoms with Crippen molar-refractivity contribution in [2.75, 3.05) is 0 Å². The number of aryl methyl sites for hydroxylation is 1. The Balaban J connectivity index is 2.13. The highest BCUT2D eigenvalue weighted by atomic mass is 35.5. The van der Waals surface area contributed by atoms with Gasteiger partial charge < -0.3 is 4.74 Å². The molecule has 0 bridgehead atoms. The fraction of sp³-hybridized carbons (Fsp3) is 0.556. The maximum Gasteiger partial charge on any atom is 0.155 e. The molecule has 0 aliphatic heterocycles. The smallest absolute Gasteiger partial charge is 0.155 e. The fourth-order valence-electron chi connectivity index (χ4n) is 1.20. The van der Waals surface area contributed by atoms with E-state index in [1.165, 1.54) is 6.42 Å². The molecule has 1 saturated carbocycles. The molecule has 0 saturated heterocycles. The molecule has 1 aromatic rings. The first kappa shape index (κ1) is 8.75. The monoisotopic (exact) mass is 198 g/mol. The van der Waals surface area contributed by atoms with Gasteiger partial charge in [0, 0.05) is 6.07 Å². The molecule has 0 amide bonds. The van der Waals surface area contributed by atoms with Crippen LogP contribution >= 0.6 is 11.6 Å². The van der Waals surface area contributed by atoms with Crippen molar-refractivity contribution >= 4 is 11.6 Å². The summed E-state index contributed by atoms with van der Waals surface area (Å²) >= 11 is 5.71. The van der Waals surface area contributed by atoms with Crippen LogP contribution in [0.2, 0.25) is 5.15 Å². The number of hydrogen-bond donors (Lipinski definition) is 0. The average Bonchev–Trinajstić information content (AvgIpc) is 2.03. The van der Waals surface area contributed by atoms with E-state index in [-0.39, 0.29) is 0 Å². The van der Waals surface area contributed by atoms with E-state index >= 15 is 0 Å². The molecule has 0 radical (unpaired) electrons. The Morgan fingerprint density at radius 2 is 2.23 bits per heavy atom. The Bertz CT molecular complexity index is 312. The summed E-state index contributed by atoms with van der Waals surface area (Å²) in [7, 11) is 0. The van der Waals surface area contributed by atoms with E-state index in [1.54, 1.807) is 6.07 Å². The maximum absolute atomic E-state index is 5.71. The zero-order valence-corrected chi connectivity index (χ0v) is 8.21. The van der Waals surface area contributed by atoms with Gasteiger partial charge in [-0.2, -0.15) is 5.10 Å². The summed E-state index contributed by atoms with van der Waals surface area (Å²) in [4.78, 5) is 0. The molecule has 1 aliphatic rings. The lowest BCUT2D eigenvalue weighted by atomic mass is 9.96. The highest BCUT2D eigenvalue weighted by molar-refractivity contribution is 6.29. The molecule has 1 aliphatic carbocycles. The maximum atomic E-state index is 5.71. The molecule has 0 atom stereocenters. The normalized spacial score (nSPS) is 16.8. The molecule has 3 nitrogen and oxygen atoms in total. The molecule has 1 heterocycles. The van der Waals surface area contributed by atoms with E-state index < -0.39 is 0 Å². The van der Waals surface area contributed by atoms with Crippen molar-refractivity contribution in [2.45, 2.75) is 32.3 Å². The van der Waals surface area contributed by atoms with Crippen LogP contribution in [0.15, 0.2) is 6.07 Å². The standard InChI is InChI=1S/C9H11ClN2O/c1-6-8(5-9(10)12-11-6)13-7-3-2-4-7/h5,7H,2-4H2,1H3. The van der Waals surface area contributed by atoms with E-state index in [4.69, 9.17) is 16.3 Å². The van der Waals surface area contributed by atoms with Gasteiger partial charge in [0.2, 0.25) is 0 Å². The first-order valence-corrected chi connectivity index (χ1v) is 4.80. The molecule has 1 fully saturated rings. The van der Waals surface area contributed by atoms with Gasteiger partial charge in [-0.05, 0) is 26.2 Å². The molecule has 0 aromatic carbocycles. The summed E-state index contributed by atoms with van der Waals surface area (Å²) in [5, 5.41) is 8.00. The SMILES string of the molecule is Cc1nnc(Cl)cc1OC1CCC1. The Morgan fingerprint density at radius 1 is 1.46 bits per heavy atom. The molecule has 0 N–H and O–H groups in total. The van der Waals surface area contributed by atoms with Gasteiger partial charge in [-0.3, -0.25) is 0 Å². The van der Waals surface area contributed by atoms with E-state index in [9.17, 15) is 0 Å². The molecular weight excluding hydrogens is 188 g/mol. The van der Waals surface area contributed by atoms with Crippen molar-refractivity contribution in [3.05, 3.63) is 16.9 Å². The minimum Gasteiger partial charge on any atom is -0.488 e. The van der Waals surface area contributed by atoms with Crippen molar-refractivity contribution in [1.82, 2.24) is 10.2 Å².